The van der Waals surface area contributed by atoms with Crippen molar-refractivity contribution in [3.05, 3.63) is 193 Å². The molecule has 0 amide bonds. The third-order valence-corrected chi connectivity index (χ3v) is 10.6. The Bertz CT molecular complexity index is 2230. The van der Waals surface area contributed by atoms with Crippen molar-refractivity contribution in [3.63, 3.8) is 0 Å². The molecule has 6 aromatic carbocycles. The lowest BCUT2D eigenvalue weighted by Gasteiger charge is -2.14. The fraction of sp³-hybridized carbons (Fsp3) is 0.216. The van der Waals surface area contributed by atoms with Gasteiger partial charge in [0.15, 0.2) is 0 Å². The Kier molecular flexibility index (Phi) is 15.3. The lowest BCUT2D eigenvalue weighted by atomic mass is 9.74. The Morgan fingerprint density at radius 3 is 1.27 bits per heavy atom. The molecule has 0 heterocycles. The Morgan fingerprint density at radius 2 is 0.818 bits per heavy atom. The first-order valence-electron chi connectivity index (χ1n) is 18.7. The van der Waals surface area contributed by atoms with Gasteiger partial charge in [0, 0.05) is 5.02 Å². The Labute approximate surface area is 336 Å². The van der Waals surface area contributed by atoms with Crippen LogP contribution >= 0.6 is 11.6 Å². The summed E-state index contributed by atoms with van der Waals surface area (Å²) in [4.78, 5) is 0. The highest BCUT2D eigenvalue weighted by Crippen LogP contribution is 2.37. The minimum absolute atomic E-state index is 0. The maximum atomic E-state index is 8.94. The Balaban J connectivity index is 0.000000166. The molecule has 0 unspecified atom stereocenters. The predicted octanol–water partition coefficient (Wildman–Crippen LogP) is 12.8. The molecule has 0 aromatic heterocycles. The molecule has 0 atom stereocenters. The topological polar surface area (TPSA) is 40.5 Å². The van der Waals surface area contributed by atoms with Crippen molar-refractivity contribution in [1.82, 2.24) is 0 Å². The molecule has 4 heteroatoms. The average Bonchev–Trinajstić information content (AvgIpc) is 3.72. The molecule has 0 fully saturated rings. The fourth-order valence-electron chi connectivity index (χ4n) is 7.48. The first kappa shape index (κ1) is 42.8. The van der Waals surface area contributed by atoms with Crippen molar-refractivity contribution >= 4 is 36.3 Å². The van der Waals surface area contributed by atoms with Crippen molar-refractivity contribution in [2.75, 3.05) is 0 Å². The predicted molar refractivity (Wildman–Crippen MR) is 241 cm³/mol. The molecular weight excluding hydrogens is 691 g/mol. The van der Waals surface area contributed by atoms with Gasteiger partial charge in [0.1, 0.15) is 0 Å². The van der Waals surface area contributed by atoms with E-state index in [2.05, 4.69) is 145 Å². The van der Waals surface area contributed by atoms with E-state index in [-0.39, 0.29) is 7.43 Å². The van der Waals surface area contributed by atoms with Crippen LogP contribution < -0.4 is 5.46 Å². The average molecular weight is 747 g/mol. The van der Waals surface area contributed by atoms with Crippen LogP contribution in [-0.4, -0.2) is 17.2 Å². The molecule has 55 heavy (non-hydrogen) atoms. The van der Waals surface area contributed by atoms with Gasteiger partial charge in [0.2, 0.25) is 0 Å². The zero-order chi connectivity index (χ0) is 38.9. The minimum atomic E-state index is -1.35. The number of fused-ring (bicyclic) bond motifs is 2. The first-order valence-corrected chi connectivity index (χ1v) is 19.1. The van der Waals surface area contributed by atoms with Gasteiger partial charge in [-0.15, -0.1) is 0 Å². The fourth-order valence-corrected chi connectivity index (χ4v) is 7.73. The lowest BCUT2D eigenvalue weighted by molar-refractivity contribution is 0.425. The third-order valence-electron chi connectivity index (χ3n) is 10.2. The van der Waals surface area contributed by atoms with Gasteiger partial charge in [-0.25, -0.2) is 0 Å². The lowest BCUT2D eigenvalue weighted by Crippen LogP contribution is -2.34. The summed E-state index contributed by atoms with van der Waals surface area (Å²) in [6, 6.07) is 41.9. The second-order valence-electron chi connectivity index (χ2n) is 14.6. The number of hydrogen-bond donors (Lipinski definition) is 2. The number of allylic oxidation sites excluding steroid dienone is 2. The summed E-state index contributed by atoms with van der Waals surface area (Å²) >= 11 is 6.00. The van der Waals surface area contributed by atoms with E-state index in [1.165, 1.54) is 77.9 Å². The van der Waals surface area contributed by atoms with Gasteiger partial charge in [0.05, 0.1) is 0 Å². The van der Waals surface area contributed by atoms with Crippen LogP contribution in [0.5, 0.6) is 0 Å². The van der Waals surface area contributed by atoms with Gasteiger partial charge < -0.3 is 10.0 Å². The van der Waals surface area contributed by atoms with Crippen LogP contribution in [0.2, 0.25) is 5.02 Å². The largest absolute Gasteiger partial charge is 0.488 e. The molecule has 282 valence electrons. The summed E-state index contributed by atoms with van der Waals surface area (Å²) in [5.74, 6) is 0. The second kappa shape index (κ2) is 19.6. The van der Waals surface area contributed by atoms with Crippen LogP contribution in [0.15, 0.2) is 132 Å². The molecular formula is C51H56BClO2. The van der Waals surface area contributed by atoms with Gasteiger partial charge in [-0.05, 0) is 147 Å². The van der Waals surface area contributed by atoms with Crippen LogP contribution in [0.25, 0.3) is 34.4 Å². The van der Waals surface area contributed by atoms with Crippen molar-refractivity contribution in [2.45, 2.75) is 75.7 Å². The molecule has 0 saturated heterocycles. The zero-order valence-corrected chi connectivity index (χ0v) is 33.7. The van der Waals surface area contributed by atoms with Crippen molar-refractivity contribution in [3.8, 4) is 22.3 Å². The summed E-state index contributed by atoms with van der Waals surface area (Å²) in [7, 11) is -1.35. The van der Waals surface area contributed by atoms with Crippen LogP contribution in [0, 0.1) is 41.5 Å². The summed E-state index contributed by atoms with van der Waals surface area (Å²) in [6.07, 6.45) is 6.63. The molecule has 0 aliphatic heterocycles. The van der Waals surface area contributed by atoms with Crippen LogP contribution in [0.3, 0.4) is 0 Å². The van der Waals surface area contributed by atoms with E-state index in [1.54, 1.807) is 0 Å². The quantitative estimate of drug-likeness (QED) is 0.177. The molecule has 0 bridgehead atoms. The molecule has 2 N–H and O–H groups in total. The van der Waals surface area contributed by atoms with E-state index in [1.807, 2.05) is 44.2 Å². The number of hydrogen-bond acceptors (Lipinski definition) is 2. The summed E-state index contributed by atoms with van der Waals surface area (Å²) < 4.78 is 0. The first-order chi connectivity index (χ1) is 25.8. The van der Waals surface area contributed by atoms with E-state index in [0.29, 0.717) is 5.46 Å². The number of rotatable bonds is 3. The maximum absolute atomic E-state index is 8.94. The number of aryl methyl sites for hydroxylation is 6. The highest BCUT2D eigenvalue weighted by atomic mass is 35.5. The molecule has 6 aromatic rings. The second-order valence-corrected chi connectivity index (χ2v) is 15.0. The molecule has 0 spiro atoms. The van der Waals surface area contributed by atoms with Gasteiger partial charge in [0.25, 0.3) is 0 Å². The summed E-state index contributed by atoms with van der Waals surface area (Å²) in [6.45, 7) is 16.8. The van der Waals surface area contributed by atoms with Crippen LogP contribution in [0.4, 0.5) is 0 Å². The smallest absolute Gasteiger partial charge is 0.423 e. The maximum Gasteiger partial charge on any atom is 0.488 e. The van der Waals surface area contributed by atoms with Crippen molar-refractivity contribution < 1.29 is 10.0 Å². The van der Waals surface area contributed by atoms with Gasteiger partial charge in [-0.3, -0.25) is 0 Å². The summed E-state index contributed by atoms with van der Waals surface area (Å²) in [5, 5.41) is 18.8. The van der Waals surface area contributed by atoms with Crippen LogP contribution in [-0.2, 0) is 12.8 Å². The van der Waals surface area contributed by atoms with E-state index in [9.17, 15) is 0 Å². The molecule has 2 nitrogen and oxygen atoms in total. The third kappa shape index (κ3) is 10.6. The molecule has 2 aliphatic rings. The molecule has 0 saturated carbocycles. The molecule has 0 radical (unpaired) electrons. The standard InChI is InChI=1S/C18H18.C14H14.C10H9Cl.C8H11BO2.CH4/c1-12-10-15-8-5-9-16(17(15)11-12)18-13(2)6-4-7-14(18)3;1-11-7-3-5-9-13(11)14-10-6-4-8-12(14)2;1-7-5-8-3-2-4-10(11)9(8)6-7;1-6-4-3-5-7(2)8(6)9(10)11;/h4-10H,11H2,1-3H3;3-10H,1-2H3;2-5H,6H2,1H3;3-5,10-11H,1-2H3;1H4. The van der Waals surface area contributed by atoms with E-state index in [4.69, 9.17) is 21.6 Å². The normalized spacial score (nSPS) is 11.8. The van der Waals surface area contributed by atoms with E-state index < -0.39 is 7.12 Å². The molecule has 2 aliphatic carbocycles. The highest BCUT2D eigenvalue weighted by Gasteiger charge is 2.17. The SMILES string of the molecule is C.CC1=Cc2cccc(-c3c(C)cccc3C)c2C1.CC1=Cc2cccc(Cl)c2C1.Cc1cccc(C)c1B(O)O.Cc1ccccc1-c1ccccc1C. The number of halogens is 1. The highest BCUT2D eigenvalue weighted by molar-refractivity contribution is 6.59. The van der Waals surface area contributed by atoms with Crippen molar-refractivity contribution in [1.29, 1.82) is 0 Å². The zero-order valence-electron chi connectivity index (χ0n) is 33.0. The molecule has 8 rings (SSSR count). The summed E-state index contributed by atoms with van der Waals surface area (Å²) in [5.41, 5.74) is 21.7. The number of benzene rings is 6. The van der Waals surface area contributed by atoms with Crippen molar-refractivity contribution in [2.24, 2.45) is 0 Å². The van der Waals surface area contributed by atoms with Gasteiger partial charge in [-0.2, -0.15) is 0 Å². The van der Waals surface area contributed by atoms with Gasteiger partial charge >= 0.3 is 7.12 Å². The Hall–Kier alpha value is -4.93. The van der Waals surface area contributed by atoms with E-state index in [0.717, 1.165) is 29.0 Å². The van der Waals surface area contributed by atoms with Crippen LogP contribution in [0.1, 0.15) is 76.9 Å². The minimum Gasteiger partial charge on any atom is -0.423 e. The van der Waals surface area contributed by atoms with E-state index >= 15 is 0 Å². The Morgan fingerprint density at radius 1 is 0.436 bits per heavy atom. The monoisotopic (exact) mass is 746 g/mol. The van der Waals surface area contributed by atoms with Gasteiger partial charge in [-0.1, -0.05) is 169 Å².